The van der Waals surface area contributed by atoms with E-state index in [1.165, 1.54) is 0 Å². The lowest BCUT2D eigenvalue weighted by Gasteiger charge is -2.18. The van der Waals surface area contributed by atoms with Crippen LogP contribution < -0.4 is 56.8 Å². The lowest BCUT2D eigenvalue weighted by molar-refractivity contribution is 0.111. The van der Waals surface area contributed by atoms with Crippen molar-refractivity contribution in [3.05, 3.63) is 141 Å². The molecule has 0 bridgehead atoms. The number of rotatable bonds is 30. The zero-order chi connectivity index (χ0) is 52.9. The largest absolute Gasteiger partial charge is 0.493 e. The molecule has 1 aliphatic carbocycles. The van der Waals surface area contributed by atoms with E-state index in [4.69, 9.17) is 56.8 Å². The molecule has 0 unspecified atom stereocenters. The van der Waals surface area contributed by atoms with Gasteiger partial charge in [-0.25, -0.2) is 0 Å². The predicted octanol–water partition coefficient (Wildman–Crippen LogP) is 11.0. The predicted molar refractivity (Wildman–Crippen MR) is 283 cm³/mol. The summed E-state index contributed by atoms with van der Waals surface area (Å²) in [5.74, 6) is 7.01. The van der Waals surface area contributed by atoms with Crippen LogP contribution in [0.5, 0.6) is 69.0 Å². The maximum atomic E-state index is 11.2. The number of aldehydes is 3. The van der Waals surface area contributed by atoms with Crippen molar-refractivity contribution < 1.29 is 71.2 Å². The second-order valence-corrected chi connectivity index (χ2v) is 17.6. The monoisotopic (exact) mass is 1030 g/mol. The summed E-state index contributed by atoms with van der Waals surface area (Å²) >= 11 is 0. The highest BCUT2D eigenvalue weighted by Crippen LogP contribution is 2.41. The molecule has 7 rings (SSSR count). The van der Waals surface area contributed by atoms with Gasteiger partial charge in [-0.1, -0.05) is 0 Å². The molecule has 0 saturated heterocycles. The minimum Gasteiger partial charge on any atom is -0.493 e. The second-order valence-electron chi connectivity index (χ2n) is 17.6. The molecule has 0 aliphatic heterocycles. The highest BCUT2D eigenvalue weighted by molar-refractivity contribution is 5.77. The third-order valence-corrected chi connectivity index (χ3v) is 12.7. The van der Waals surface area contributed by atoms with Crippen molar-refractivity contribution in [2.45, 2.75) is 57.8 Å². The molecular formula is C60H66O15. The van der Waals surface area contributed by atoms with Gasteiger partial charge in [-0.15, -0.1) is 0 Å². The molecule has 6 aromatic carbocycles. The lowest BCUT2D eigenvalue weighted by atomic mass is 9.94. The number of carbonyl (C=O) groups is 3. The van der Waals surface area contributed by atoms with Crippen LogP contribution in [-0.2, 0) is 19.3 Å². The van der Waals surface area contributed by atoms with Gasteiger partial charge in [0.25, 0.3) is 0 Å². The Morgan fingerprint density at radius 1 is 0.280 bits per heavy atom. The number of unbranched alkanes of at least 4 members (excludes halogenated alkanes) is 3. The summed E-state index contributed by atoms with van der Waals surface area (Å²) in [6.45, 7) is 2.60. The highest BCUT2D eigenvalue weighted by Gasteiger charge is 2.23. The number of ether oxygens (including phenoxy) is 12. The number of fused-ring (bicyclic) bond motifs is 3. The maximum Gasteiger partial charge on any atom is 0.161 e. The number of carbonyl (C=O) groups excluding carboxylic acids is 3. The minimum absolute atomic E-state index is 0.428. The van der Waals surface area contributed by atoms with Crippen molar-refractivity contribution in [3.8, 4) is 69.0 Å². The number of benzene rings is 6. The minimum atomic E-state index is 0.428. The van der Waals surface area contributed by atoms with Crippen LogP contribution in [0.2, 0.25) is 0 Å². The van der Waals surface area contributed by atoms with Crippen LogP contribution in [0.4, 0.5) is 0 Å². The van der Waals surface area contributed by atoms with Gasteiger partial charge in [-0.05, 0) is 182 Å². The summed E-state index contributed by atoms with van der Waals surface area (Å²) in [6, 6.07) is 27.7. The fraction of sp³-hybridized carbons (Fsp3) is 0.350. The van der Waals surface area contributed by atoms with E-state index in [1.807, 2.05) is 0 Å². The number of hydrogen-bond acceptors (Lipinski definition) is 15. The molecule has 6 aromatic rings. The molecule has 0 saturated carbocycles. The average Bonchev–Trinajstić information content (AvgIpc) is 3.50. The van der Waals surface area contributed by atoms with E-state index in [0.717, 1.165) is 71.5 Å². The molecule has 15 nitrogen and oxygen atoms in total. The van der Waals surface area contributed by atoms with Crippen molar-refractivity contribution in [3.63, 3.8) is 0 Å². The first kappa shape index (κ1) is 54.7. The SMILES string of the molecule is COc1cc(C=O)ccc1OCCCCOc1cc2c(cc1OC)Cc1cc(OCCCCOc3ccc(C=O)cc3OC)c(OC)cc1Cc1cc(OCCCCOc3ccc(C=O)cc3OC)c(OC)cc1C2. The first-order chi connectivity index (χ1) is 36.7. The molecule has 0 aromatic heterocycles. The first-order valence-corrected chi connectivity index (χ1v) is 25.0. The van der Waals surface area contributed by atoms with Gasteiger partial charge in [0.1, 0.15) is 18.9 Å². The average molecular weight is 1030 g/mol. The third kappa shape index (κ3) is 14.6. The van der Waals surface area contributed by atoms with Crippen LogP contribution in [-0.4, -0.2) is 101 Å². The molecule has 0 radical (unpaired) electrons. The fourth-order valence-electron chi connectivity index (χ4n) is 8.69. The summed E-state index contributed by atoms with van der Waals surface area (Å²) in [4.78, 5) is 33.7. The van der Waals surface area contributed by atoms with E-state index in [9.17, 15) is 14.4 Å². The Bertz CT molecular complexity index is 2570. The van der Waals surface area contributed by atoms with E-state index in [0.29, 0.717) is 164 Å². The van der Waals surface area contributed by atoms with E-state index in [2.05, 4.69) is 36.4 Å². The second kappa shape index (κ2) is 27.8. The molecule has 0 fully saturated rings. The van der Waals surface area contributed by atoms with Crippen molar-refractivity contribution in [2.24, 2.45) is 0 Å². The van der Waals surface area contributed by atoms with Crippen molar-refractivity contribution in [1.82, 2.24) is 0 Å². The quantitative estimate of drug-likeness (QED) is 0.0309. The van der Waals surface area contributed by atoms with Gasteiger partial charge < -0.3 is 56.8 Å². The summed E-state index contributed by atoms with van der Waals surface area (Å²) in [6.07, 6.45) is 8.36. The number of hydrogen-bond donors (Lipinski definition) is 0. The molecule has 15 heteroatoms. The van der Waals surface area contributed by atoms with Crippen LogP contribution in [0.3, 0.4) is 0 Å². The Labute approximate surface area is 438 Å². The van der Waals surface area contributed by atoms with Crippen LogP contribution >= 0.6 is 0 Å². The van der Waals surface area contributed by atoms with Gasteiger partial charge in [-0.3, -0.25) is 14.4 Å². The van der Waals surface area contributed by atoms with E-state index < -0.39 is 0 Å². The standard InChI is InChI=1S/C60H66O15/c1-64-52-25-40(37-61)13-16-49(52)70-19-7-10-22-73-58-34-46-28-44-32-56(68-5)60(75-24-12-9-21-72-51-18-15-42(39-63)27-54(51)66-3)36-48(44)30-45-33-57(69-6)59(35-47(45)29-43(46)31-55(58)67-4)74-23-11-8-20-71-50-17-14-41(38-62)26-53(50)65-2/h13-18,25-27,31-39H,7-12,19-24,28-30H2,1-6H3. The van der Waals surface area contributed by atoms with Crippen LogP contribution in [0, 0.1) is 0 Å². The summed E-state index contributed by atoms with van der Waals surface area (Å²) in [7, 11) is 9.59. The van der Waals surface area contributed by atoms with Crippen molar-refractivity contribution >= 4 is 18.9 Å². The summed E-state index contributed by atoms with van der Waals surface area (Å²) in [5, 5.41) is 0. The molecule has 0 spiro atoms. The Balaban J connectivity index is 1.09. The highest BCUT2D eigenvalue weighted by atomic mass is 16.5. The normalized spacial score (nSPS) is 11.4. The molecule has 75 heavy (non-hydrogen) atoms. The Kier molecular flexibility index (Phi) is 20.3. The molecule has 0 heterocycles. The smallest absolute Gasteiger partial charge is 0.161 e. The molecule has 1 aliphatic rings. The third-order valence-electron chi connectivity index (χ3n) is 12.7. The summed E-state index contributed by atoms with van der Waals surface area (Å²) < 4.78 is 71.5. The van der Waals surface area contributed by atoms with Crippen molar-refractivity contribution in [1.29, 1.82) is 0 Å². The molecular weight excluding hydrogens is 961 g/mol. The molecule has 0 atom stereocenters. The molecule has 0 N–H and O–H groups in total. The van der Waals surface area contributed by atoms with E-state index in [1.54, 1.807) is 97.3 Å². The Morgan fingerprint density at radius 3 is 0.693 bits per heavy atom. The zero-order valence-corrected chi connectivity index (χ0v) is 43.6. The van der Waals surface area contributed by atoms with Gasteiger partial charge in [0.05, 0.1) is 82.3 Å². The lowest BCUT2D eigenvalue weighted by Crippen LogP contribution is -2.06. The van der Waals surface area contributed by atoms with Gasteiger partial charge >= 0.3 is 0 Å². The van der Waals surface area contributed by atoms with Crippen LogP contribution in [0.1, 0.15) is 103 Å². The molecule has 396 valence electrons. The van der Waals surface area contributed by atoms with E-state index in [-0.39, 0.29) is 0 Å². The zero-order valence-electron chi connectivity index (χ0n) is 43.6. The van der Waals surface area contributed by atoms with Crippen LogP contribution in [0.25, 0.3) is 0 Å². The maximum absolute atomic E-state index is 11.2. The van der Waals surface area contributed by atoms with Crippen molar-refractivity contribution in [2.75, 3.05) is 82.3 Å². The van der Waals surface area contributed by atoms with E-state index >= 15 is 0 Å². The van der Waals surface area contributed by atoms with Gasteiger partial charge in [0.15, 0.2) is 69.0 Å². The van der Waals surface area contributed by atoms with Gasteiger partial charge in [0, 0.05) is 16.7 Å². The Hall–Kier alpha value is -8.07. The Morgan fingerprint density at radius 2 is 0.480 bits per heavy atom. The fourth-order valence-corrected chi connectivity index (χ4v) is 8.69. The van der Waals surface area contributed by atoms with Gasteiger partial charge in [0.2, 0.25) is 0 Å². The van der Waals surface area contributed by atoms with Gasteiger partial charge in [-0.2, -0.15) is 0 Å². The number of methoxy groups -OCH3 is 6. The summed E-state index contributed by atoms with van der Waals surface area (Å²) in [5.41, 5.74) is 7.95. The molecule has 0 amide bonds. The first-order valence-electron chi connectivity index (χ1n) is 25.0. The topological polar surface area (TPSA) is 162 Å². The van der Waals surface area contributed by atoms with Crippen LogP contribution in [0.15, 0.2) is 91.0 Å².